The Morgan fingerprint density at radius 1 is 1.19 bits per heavy atom. The van der Waals surface area contributed by atoms with Gasteiger partial charge in [0, 0.05) is 4.47 Å². The third kappa shape index (κ3) is 4.72. The van der Waals surface area contributed by atoms with Crippen LogP contribution >= 0.6 is 27.5 Å². The summed E-state index contributed by atoms with van der Waals surface area (Å²) in [6, 6.07) is 12.5. The summed E-state index contributed by atoms with van der Waals surface area (Å²) >= 11 is 9.70. The van der Waals surface area contributed by atoms with Crippen LogP contribution in [0.15, 0.2) is 46.9 Å². The van der Waals surface area contributed by atoms with Gasteiger partial charge < -0.3 is 5.32 Å². The molecule has 0 saturated carbocycles. The van der Waals surface area contributed by atoms with Crippen LogP contribution in [-0.4, -0.2) is 0 Å². The average Bonchev–Trinajstić information content (AvgIpc) is 2.48. The monoisotopic (exact) mass is 369 g/mol. The topological polar surface area (TPSA) is 12.0 Å². The zero-order chi connectivity index (χ0) is 15.2. The van der Waals surface area contributed by atoms with Crippen molar-refractivity contribution in [2.75, 3.05) is 5.32 Å². The van der Waals surface area contributed by atoms with Gasteiger partial charge in [0.15, 0.2) is 0 Å². The maximum atomic E-state index is 13.1. The highest BCUT2D eigenvalue weighted by molar-refractivity contribution is 9.10. The van der Waals surface area contributed by atoms with E-state index in [1.165, 1.54) is 12.1 Å². The SMILES string of the molecule is CCCCC(Nc1cc(Br)ccc1Cl)c1ccc(F)cc1. The number of halogens is 3. The Labute approximate surface area is 138 Å². The summed E-state index contributed by atoms with van der Waals surface area (Å²) in [6.45, 7) is 2.16. The fraction of sp³-hybridized carbons (Fsp3) is 0.294. The van der Waals surface area contributed by atoms with Gasteiger partial charge in [0.1, 0.15) is 5.82 Å². The van der Waals surface area contributed by atoms with E-state index in [9.17, 15) is 4.39 Å². The molecule has 0 heterocycles. The summed E-state index contributed by atoms with van der Waals surface area (Å²) in [7, 11) is 0. The van der Waals surface area contributed by atoms with Crippen molar-refractivity contribution in [2.45, 2.75) is 32.2 Å². The third-order valence-corrected chi connectivity index (χ3v) is 4.20. The molecule has 0 fully saturated rings. The zero-order valence-electron chi connectivity index (χ0n) is 11.9. The minimum Gasteiger partial charge on any atom is -0.377 e. The molecule has 0 bridgehead atoms. The van der Waals surface area contributed by atoms with Gasteiger partial charge >= 0.3 is 0 Å². The van der Waals surface area contributed by atoms with Crippen LogP contribution in [0.3, 0.4) is 0 Å². The number of rotatable bonds is 6. The van der Waals surface area contributed by atoms with Crippen molar-refractivity contribution in [1.82, 2.24) is 0 Å². The van der Waals surface area contributed by atoms with Crippen molar-refractivity contribution in [3.63, 3.8) is 0 Å². The number of unbranched alkanes of at least 4 members (excludes halogenated alkanes) is 1. The molecule has 1 nitrogen and oxygen atoms in total. The second kappa shape index (κ2) is 7.81. The van der Waals surface area contributed by atoms with Crippen LogP contribution in [0.5, 0.6) is 0 Å². The largest absolute Gasteiger partial charge is 0.377 e. The molecule has 0 aromatic heterocycles. The first-order valence-electron chi connectivity index (χ1n) is 7.07. The summed E-state index contributed by atoms with van der Waals surface area (Å²) in [6.07, 6.45) is 3.19. The van der Waals surface area contributed by atoms with Crippen molar-refractivity contribution < 1.29 is 4.39 Å². The van der Waals surface area contributed by atoms with E-state index in [4.69, 9.17) is 11.6 Å². The molecular weight excluding hydrogens is 353 g/mol. The fourth-order valence-corrected chi connectivity index (χ4v) is 2.75. The summed E-state index contributed by atoms with van der Waals surface area (Å²) < 4.78 is 14.1. The quantitative estimate of drug-likeness (QED) is 0.605. The summed E-state index contributed by atoms with van der Waals surface area (Å²) in [4.78, 5) is 0. The third-order valence-electron chi connectivity index (χ3n) is 3.38. The smallest absolute Gasteiger partial charge is 0.123 e. The first-order valence-corrected chi connectivity index (χ1v) is 8.24. The molecule has 0 aliphatic carbocycles. The highest BCUT2D eigenvalue weighted by Gasteiger charge is 2.13. The zero-order valence-corrected chi connectivity index (χ0v) is 14.2. The normalized spacial score (nSPS) is 12.2. The van der Waals surface area contributed by atoms with Crippen LogP contribution in [0.25, 0.3) is 0 Å². The Morgan fingerprint density at radius 3 is 2.57 bits per heavy atom. The lowest BCUT2D eigenvalue weighted by Gasteiger charge is -2.21. The molecule has 112 valence electrons. The van der Waals surface area contributed by atoms with E-state index in [1.54, 1.807) is 0 Å². The Balaban J connectivity index is 2.23. The van der Waals surface area contributed by atoms with Gasteiger partial charge in [0.05, 0.1) is 16.8 Å². The Bertz CT molecular complexity index is 586. The molecule has 0 radical (unpaired) electrons. The van der Waals surface area contributed by atoms with Gasteiger partial charge in [-0.15, -0.1) is 0 Å². The lowest BCUT2D eigenvalue weighted by molar-refractivity contribution is 0.616. The Morgan fingerprint density at radius 2 is 1.90 bits per heavy atom. The van der Waals surface area contributed by atoms with Gasteiger partial charge in [-0.1, -0.05) is 59.4 Å². The molecule has 2 aromatic carbocycles. The van der Waals surface area contributed by atoms with Crippen LogP contribution in [0.1, 0.15) is 37.8 Å². The van der Waals surface area contributed by atoms with Crippen LogP contribution in [0.4, 0.5) is 10.1 Å². The lowest BCUT2D eigenvalue weighted by Crippen LogP contribution is -2.11. The van der Waals surface area contributed by atoms with Crippen molar-refractivity contribution >= 4 is 33.2 Å². The molecule has 1 N–H and O–H groups in total. The van der Waals surface area contributed by atoms with E-state index in [1.807, 2.05) is 30.3 Å². The second-order valence-electron chi connectivity index (χ2n) is 5.01. The molecule has 1 atom stereocenters. The van der Waals surface area contributed by atoms with Crippen molar-refractivity contribution in [3.8, 4) is 0 Å². The van der Waals surface area contributed by atoms with Gasteiger partial charge in [0.2, 0.25) is 0 Å². The van der Waals surface area contributed by atoms with E-state index < -0.39 is 0 Å². The molecule has 0 aliphatic heterocycles. The summed E-state index contributed by atoms with van der Waals surface area (Å²) in [5.41, 5.74) is 1.96. The molecule has 1 unspecified atom stereocenters. The van der Waals surface area contributed by atoms with E-state index in [2.05, 4.69) is 28.2 Å². The van der Waals surface area contributed by atoms with Crippen molar-refractivity contribution in [2.24, 2.45) is 0 Å². The molecule has 2 rings (SSSR count). The van der Waals surface area contributed by atoms with E-state index in [0.29, 0.717) is 5.02 Å². The van der Waals surface area contributed by atoms with Crippen molar-refractivity contribution in [1.29, 1.82) is 0 Å². The van der Waals surface area contributed by atoms with Crippen LogP contribution in [-0.2, 0) is 0 Å². The van der Waals surface area contributed by atoms with E-state index in [0.717, 1.165) is 35.0 Å². The van der Waals surface area contributed by atoms with Gasteiger partial charge in [-0.2, -0.15) is 0 Å². The van der Waals surface area contributed by atoms with Gasteiger partial charge in [-0.3, -0.25) is 0 Å². The fourth-order valence-electron chi connectivity index (χ4n) is 2.22. The number of anilines is 1. The van der Waals surface area contributed by atoms with E-state index >= 15 is 0 Å². The minimum absolute atomic E-state index is 0.123. The highest BCUT2D eigenvalue weighted by Crippen LogP contribution is 2.31. The van der Waals surface area contributed by atoms with Crippen molar-refractivity contribution in [3.05, 3.63) is 63.3 Å². The van der Waals surface area contributed by atoms with Crippen LogP contribution in [0, 0.1) is 5.82 Å². The molecule has 0 amide bonds. The molecule has 0 spiro atoms. The first-order chi connectivity index (χ1) is 10.1. The molecule has 0 saturated heterocycles. The number of benzene rings is 2. The molecule has 0 aliphatic rings. The number of hydrogen-bond acceptors (Lipinski definition) is 1. The number of hydrogen-bond donors (Lipinski definition) is 1. The average molecular weight is 371 g/mol. The minimum atomic E-state index is -0.214. The van der Waals surface area contributed by atoms with Gasteiger partial charge in [-0.05, 0) is 42.3 Å². The molecular formula is C17H18BrClFN. The standard InChI is InChI=1S/C17H18BrClFN/c1-2-3-4-16(12-5-8-14(20)9-6-12)21-17-11-13(18)7-10-15(17)19/h5-11,16,21H,2-4H2,1H3. The number of nitrogens with one attached hydrogen (secondary N) is 1. The van der Waals surface area contributed by atoms with Crippen LogP contribution < -0.4 is 5.32 Å². The molecule has 4 heteroatoms. The van der Waals surface area contributed by atoms with E-state index in [-0.39, 0.29) is 11.9 Å². The van der Waals surface area contributed by atoms with Crippen LogP contribution in [0.2, 0.25) is 5.02 Å². The Hall–Kier alpha value is -1.06. The van der Waals surface area contributed by atoms with Gasteiger partial charge in [0.25, 0.3) is 0 Å². The molecule has 21 heavy (non-hydrogen) atoms. The maximum Gasteiger partial charge on any atom is 0.123 e. The predicted molar refractivity (Wildman–Crippen MR) is 91.4 cm³/mol. The summed E-state index contributed by atoms with van der Waals surface area (Å²) in [5, 5.41) is 4.16. The maximum absolute atomic E-state index is 13.1. The highest BCUT2D eigenvalue weighted by atomic mass is 79.9. The first kappa shape index (κ1) is 16.3. The Kier molecular flexibility index (Phi) is 6.07. The summed E-state index contributed by atoms with van der Waals surface area (Å²) in [5.74, 6) is -0.214. The molecule has 2 aromatic rings. The van der Waals surface area contributed by atoms with Gasteiger partial charge in [-0.25, -0.2) is 4.39 Å². The predicted octanol–water partition coefficient (Wildman–Crippen LogP) is 6.59. The lowest BCUT2D eigenvalue weighted by atomic mass is 10.0. The second-order valence-corrected chi connectivity index (χ2v) is 6.34.